The lowest BCUT2D eigenvalue weighted by atomic mass is 10.1. The molecule has 100 valence electrons. The third kappa shape index (κ3) is 4.47. The van der Waals surface area contributed by atoms with E-state index in [0.29, 0.717) is 10.6 Å². The molecule has 0 bridgehead atoms. The molecule has 7 N–H and O–H groups in total. The van der Waals surface area contributed by atoms with E-state index in [4.69, 9.17) is 33.6 Å². The highest BCUT2D eigenvalue weighted by Crippen LogP contribution is 2.25. The number of nitrogens with two attached hydrogens (primary N) is 3. The fraction of sp³-hybridized carbons (Fsp3) is 0.300. The number of nitrogens with one attached hydrogen (secondary N) is 1. The molecule has 0 aromatic heterocycles. The van der Waals surface area contributed by atoms with Crippen molar-refractivity contribution in [1.82, 2.24) is 10.5 Å². The number of carbonyl (C=O) groups is 1. The molecule has 1 atom stereocenters. The molecule has 7 nitrogen and oxygen atoms in total. The Labute approximate surface area is 110 Å². The second-order valence-corrected chi connectivity index (χ2v) is 3.87. The monoisotopic (exact) mass is 273 g/mol. The van der Waals surface area contributed by atoms with Crippen LogP contribution in [0.2, 0.25) is 5.02 Å². The zero-order chi connectivity index (χ0) is 13.5. The van der Waals surface area contributed by atoms with Gasteiger partial charge >= 0.3 is 6.09 Å². The summed E-state index contributed by atoms with van der Waals surface area (Å²) in [5, 5.41) is 1.67. The predicted molar refractivity (Wildman–Crippen MR) is 67.9 cm³/mol. The number of hydrazine groups is 2. The minimum atomic E-state index is -0.902. The van der Waals surface area contributed by atoms with Gasteiger partial charge in [0.05, 0.1) is 13.2 Å². The van der Waals surface area contributed by atoms with Crippen molar-refractivity contribution in [3.05, 3.63) is 34.9 Å². The van der Waals surface area contributed by atoms with Crippen LogP contribution in [-0.4, -0.2) is 24.4 Å². The second-order valence-electron chi connectivity index (χ2n) is 3.46. The van der Waals surface area contributed by atoms with Crippen molar-refractivity contribution in [1.29, 1.82) is 0 Å². The third-order valence-corrected chi connectivity index (χ3v) is 2.51. The van der Waals surface area contributed by atoms with Gasteiger partial charge in [0.15, 0.2) is 0 Å². The van der Waals surface area contributed by atoms with Crippen molar-refractivity contribution in [2.75, 3.05) is 13.2 Å². The lowest BCUT2D eigenvalue weighted by molar-refractivity contribution is 0.0580. The third-order valence-electron chi connectivity index (χ3n) is 2.17. The summed E-state index contributed by atoms with van der Waals surface area (Å²) in [6.07, 6.45) is -1.58. The van der Waals surface area contributed by atoms with Crippen molar-refractivity contribution < 1.29 is 9.53 Å². The summed E-state index contributed by atoms with van der Waals surface area (Å²) < 4.78 is 4.99. The lowest BCUT2D eigenvalue weighted by Gasteiger charge is -2.24. The summed E-state index contributed by atoms with van der Waals surface area (Å²) in [4.78, 5) is 10.9. The standard InChI is InChI=1S/C10H16ClN5O2/c11-8-4-2-1-3-7(8)9(18-10(13)17)5-16(14)15-6-12/h1-4,9,15H,5-6,12,14H2,(H2,13,17). The van der Waals surface area contributed by atoms with Crippen molar-refractivity contribution in [2.45, 2.75) is 6.10 Å². The molecular formula is C10H16ClN5O2. The van der Waals surface area contributed by atoms with Crippen LogP contribution in [-0.2, 0) is 4.74 Å². The van der Waals surface area contributed by atoms with Crippen LogP contribution in [0.1, 0.15) is 11.7 Å². The highest BCUT2D eigenvalue weighted by Gasteiger charge is 2.20. The predicted octanol–water partition coefficient (Wildman–Crippen LogP) is 0.0729. The van der Waals surface area contributed by atoms with Gasteiger partial charge in [-0.25, -0.2) is 10.2 Å². The van der Waals surface area contributed by atoms with Crippen molar-refractivity contribution in [3.8, 4) is 0 Å². The lowest BCUT2D eigenvalue weighted by Crippen LogP contribution is -2.48. The molecule has 0 aliphatic carbocycles. The van der Waals surface area contributed by atoms with Gasteiger partial charge in [-0.15, -0.1) is 0 Å². The van der Waals surface area contributed by atoms with Gasteiger partial charge in [0, 0.05) is 10.6 Å². The molecule has 0 aliphatic rings. The fourth-order valence-electron chi connectivity index (χ4n) is 1.44. The first kappa shape index (κ1) is 14.7. The molecule has 1 rings (SSSR count). The normalized spacial score (nSPS) is 12.4. The molecule has 0 fully saturated rings. The topological polar surface area (TPSA) is 120 Å². The van der Waals surface area contributed by atoms with Gasteiger partial charge in [0.2, 0.25) is 0 Å². The number of halogens is 1. The number of carbonyl (C=O) groups excluding carboxylic acids is 1. The van der Waals surface area contributed by atoms with Crippen LogP contribution in [0, 0.1) is 0 Å². The maximum Gasteiger partial charge on any atom is 0.405 e. The molecule has 0 heterocycles. The molecule has 1 unspecified atom stereocenters. The van der Waals surface area contributed by atoms with E-state index < -0.39 is 12.2 Å². The van der Waals surface area contributed by atoms with Crippen LogP contribution in [0.4, 0.5) is 4.79 Å². The minimum absolute atomic E-state index is 0.155. The van der Waals surface area contributed by atoms with Gasteiger partial charge < -0.3 is 16.2 Å². The molecule has 8 heteroatoms. The zero-order valence-electron chi connectivity index (χ0n) is 9.67. The molecule has 0 radical (unpaired) electrons. The summed E-state index contributed by atoms with van der Waals surface area (Å²) in [7, 11) is 0. The van der Waals surface area contributed by atoms with Crippen molar-refractivity contribution in [2.24, 2.45) is 17.3 Å². The maximum atomic E-state index is 10.9. The Bertz CT molecular complexity index is 404. The Morgan fingerprint density at radius 2 is 2.17 bits per heavy atom. The summed E-state index contributed by atoms with van der Waals surface area (Å²) in [5.74, 6) is 5.62. The number of hydrogen-bond acceptors (Lipinski definition) is 6. The van der Waals surface area contributed by atoms with Crippen molar-refractivity contribution >= 4 is 17.7 Å². The van der Waals surface area contributed by atoms with Gasteiger partial charge in [-0.05, 0) is 6.07 Å². The Kier molecular flexibility index (Phi) is 5.83. The first-order valence-electron chi connectivity index (χ1n) is 5.21. The molecule has 0 spiro atoms. The number of nitrogens with zero attached hydrogens (tertiary/aromatic N) is 1. The largest absolute Gasteiger partial charge is 0.440 e. The SMILES string of the molecule is NCNN(N)CC(OC(N)=O)c1ccccc1Cl. The Balaban J connectivity index is 2.84. The molecule has 1 amide bonds. The molecular weight excluding hydrogens is 258 g/mol. The van der Waals surface area contributed by atoms with E-state index in [1.54, 1.807) is 24.3 Å². The number of rotatable bonds is 6. The van der Waals surface area contributed by atoms with Gasteiger partial charge in [0.25, 0.3) is 0 Å². The van der Waals surface area contributed by atoms with Crippen molar-refractivity contribution in [3.63, 3.8) is 0 Å². The summed E-state index contributed by atoms with van der Waals surface area (Å²) in [5.41, 5.74) is 13.6. The Morgan fingerprint density at radius 1 is 1.50 bits per heavy atom. The van der Waals surface area contributed by atoms with Gasteiger partial charge in [0.1, 0.15) is 6.10 Å². The quantitative estimate of drug-likeness (QED) is 0.331. The average Bonchev–Trinajstić information content (AvgIpc) is 2.28. The van der Waals surface area contributed by atoms with E-state index in [1.807, 2.05) is 0 Å². The summed E-state index contributed by atoms with van der Waals surface area (Å²) >= 11 is 6.03. The Morgan fingerprint density at radius 3 is 2.72 bits per heavy atom. The van der Waals surface area contributed by atoms with Gasteiger partial charge in [-0.2, -0.15) is 5.12 Å². The number of hydrogen-bond donors (Lipinski definition) is 4. The first-order valence-corrected chi connectivity index (χ1v) is 5.58. The van der Waals surface area contributed by atoms with E-state index >= 15 is 0 Å². The number of ether oxygens (including phenoxy) is 1. The summed E-state index contributed by atoms with van der Waals surface area (Å²) in [6.45, 7) is 0.312. The average molecular weight is 274 g/mol. The second kappa shape index (κ2) is 7.14. The van der Waals surface area contributed by atoms with Crippen LogP contribution in [0.5, 0.6) is 0 Å². The van der Waals surface area contributed by atoms with Crippen LogP contribution < -0.4 is 22.7 Å². The van der Waals surface area contributed by atoms with Crippen LogP contribution in [0.15, 0.2) is 24.3 Å². The van der Waals surface area contributed by atoms with Gasteiger partial charge in [-0.1, -0.05) is 29.8 Å². The minimum Gasteiger partial charge on any atom is -0.440 e. The van der Waals surface area contributed by atoms with E-state index in [2.05, 4.69) is 5.43 Å². The maximum absolute atomic E-state index is 10.9. The molecule has 1 aromatic carbocycles. The van der Waals surface area contributed by atoms with E-state index in [-0.39, 0.29) is 13.2 Å². The van der Waals surface area contributed by atoms with Crippen LogP contribution >= 0.6 is 11.6 Å². The molecule has 0 aliphatic heterocycles. The highest BCUT2D eigenvalue weighted by atomic mass is 35.5. The van der Waals surface area contributed by atoms with E-state index in [1.165, 1.54) is 5.12 Å². The van der Waals surface area contributed by atoms with E-state index in [9.17, 15) is 4.79 Å². The zero-order valence-corrected chi connectivity index (χ0v) is 10.4. The highest BCUT2D eigenvalue weighted by molar-refractivity contribution is 6.31. The smallest absolute Gasteiger partial charge is 0.405 e. The van der Waals surface area contributed by atoms with Crippen LogP contribution in [0.25, 0.3) is 0 Å². The number of benzene rings is 1. The Hall–Kier alpha value is -1.38. The summed E-state index contributed by atoms with van der Waals surface area (Å²) in [6, 6.07) is 6.96. The van der Waals surface area contributed by atoms with Crippen LogP contribution in [0.3, 0.4) is 0 Å². The molecule has 0 saturated heterocycles. The fourth-order valence-corrected chi connectivity index (χ4v) is 1.69. The van der Waals surface area contributed by atoms with E-state index in [0.717, 1.165) is 0 Å². The number of amides is 1. The van der Waals surface area contributed by atoms with Gasteiger partial charge in [-0.3, -0.25) is 5.84 Å². The first-order chi connectivity index (χ1) is 8.54. The number of primary amides is 1. The molecule has 18 heavy (non-hydrogen) atoms. The molecule has 0 saturated carbocycles. The molecule has 1 aromatic rings.